The first-order valence-electron chi connectivity index (χ1n) is 17.1. The number of aliphatic hydroxyl groups excluding tert-OH is 7. The highest BCUT2D eigenvalue weighted by Gasteiger charge is 2.54. The van der Waals surface area contributed by atoms with Crippen molar-refractivity contribution in [2.24, 2.45) is 0 Å². The van der Waals surface area contributed by atoms with E-state index in [1.807, 2.05) is 0 Å². The van der Waals surface area contributed by atoms with Crippen LogP contribution in [0.25, 0.3) is 6.08 Å². The molecule has 0 aromatic heterocycles. The van der Waals surface area contributed by atoms with Crippen LogP contribution >= 0.6 is 0 Å². The maximum atomic E-state index is 12.7. The molecule has 11 N–H and O–H groups in total. The lowest BCUT2D eigenvalue weighted by atomic mass is 9.96. The molecule has 0 amide bonds. The molecule has 5 rings (SSSR count). The lowest BCUT2D eigenvalue weighted by Crippen LogP contribution is -2.66. The SMILES string of the molecule is C[C@@H]1O[C@@H](O[C@H]2[C@H](OCCc3ccc(O)c(O)c3)O[C@H](COC(=O)C=Cc3ccc(O)c(O)c3)[C@@H](O)[C@@H]2O[C@@H]2O[C@@H](C)[C@H](O)[C@@H](O)[C@H]2O)[C@H](O)[C@H](O)[C@H]1O. The standard InChI is InChI=1S/C35H46O19/c1-14-24(41)27(44)29(46)33(50-14)53-31-26(43)22(13-49-23(40)8-5-16-3-6-18(36)20(38)11-16)52-35(48-10-9-17-4-7-19(37)21(39)12-17)32(31)54-34-30(47)28(45)25(42)15(2)51-34/h3-8,11-12,14-15,22,24-39,41-47H,9-10,13H2,1-2H3/t14-,15-,22+,24-,25-,26+,27+,28+,29+,30+,31-,32+,33-,34-,35+/m0/s1. The van der Waals surface area contributed by atoms with Crippen molar-refractivity contribution >= 4 is 12.0 Å². The first-order chi connectivity index (χ1) is 25.5. The zero-order valence-electron chi connectivity index (χ0n) is 29.1. The van der Waals surface area contributed by atoms with Crippen LogP contribution in [-0.4, -0.2) is 167 Å². The zero-order valence-corrected chi connectivity index (χ0v) is 29.1. The van der Waals surface area contributed by atoms with Crippen LogP contribution < -0.4 is 0 Å². The molecule has 2 aromatic carbocycles. The molecule has 3 fully saturated rings. The van der Waals surface area contributed by atoms with Crippen LogP contribution in [0, 0.1) is 0 Å². The number of ether oxygens (including phenoxy) is 7. The van der Waals surface area contributed by atoms with Crippen molar-refractivity contribution in [1.82, 2.24) is 0 Å². The summed E-state index contributed by atoms with van der Waals surface area (Å²) in [4.78, 5) is 12.7. The van der Waals surface area contributed by atoms with Gasteiger partial charge in [-0.2, -0.15) is 0 Å². The molecule has 0 spiro atoms. The Morgan fingerprint density at radius 2 is 1.20 bits per heavy atom. The van der Waals surface area contributed by atoms with Gasteiger partial charge in [-0.15, -0.1) is 0 Å². The third kappa shape index (κ3) is 9.58. The number of aliphatic hydroxyl groups is 7. The summed E-state index contributed by atoms with van der Waals surface area (Å²) in [5, 5.41) is 113. The highest BCUT2D eigenvalue weighted by Crippen LogP contribution is 2.34. The van der Waals surface area contributed by atoms with Crippen molar-refractivity contribution in [2.75, 3.05) is 13.2 Å². The summed E-state index contributed by atoms with van der Waals surface area (Å²) < 4.78 is 40.6. The van der Waals surface area contributed by atoms with Gasteiger partial charge in [0, 0.05) is 6.08 Å². The minimum atomic E-state index is -1.86. The van der Waals surface area contributed by atoms with Crippen LogP contribution in [0.2, 0.25) is 0 Å². The summed E-state index contributed by atoms with van der Waals surface area (Å²) in [5.41, 5.74) is 0.856. The van der Waals surface area contributed by atoms with Crippen molar-refractivity contribution in [3.63, 3.8) is 0 Å². The van der Waals surface area contributed by atoms with E-state index in [2.05, 4.69) is 0 Å². The summed E-state index contributed by atoms with van der Waals surface area (Å²) in [6, 6.07) is 7.90. The molecule has 3 aliphatic heterocycles. The quantitative estimate of drug-likeness (QED) is 0.0622. The smallest absolute Gasteiger partial charge is 0.330 e. The predicted octanol–water partition coefficient (Wildman–Crippen LogP) is -2.16. The van der Waals surface area contributed by atoms with Crippen molar-refractivity contribution in [2.45, 2.75) is 112 Å². The molecule has 300 valence electrons. The molecule has 3 aliphatic rings. The van der Waals surface area contributed by atoms with Gasteiger partial charge in [0.25, 0.3) is 0 Å². The predicted molar refractivity (Wildman–Crippen MR) is 178 cm³/mol. The molecule has 3 heterocycles. The number of rotatable bonds is 12. The summed E-state index contributed by atoms with van der Waals surface area (Å²) in [7, 11) is 0. The van der Waals surface area contributed by atoms with Gasteiger partial charge in [-0.25, -0.2) is 4.79 Å². The lowest BCUT2D eigenvalue weighted by Gasteiger charge is -2.48. The van der Waals surface area contributed by atoms with Crippen molar-refractivity contribution in [1.29, 1.82) is 0 Å². The van der Waals surface area contributed by atoms with Gasteiger partial charge < -0.3 is 89.3 Å². The van der Waals surface area contributed by atoms with Gasteiger partial charge in [0.05, 0.1) is 18.8 Å². The summed E-state index contributed by atoms with van der Waals surface area (Å²) in [6.07, 6.45) is -21.4. The molecule has 0 bridgehead atoms. The van der Waals surface area contributed by atoms with E-state index >= 15 is 0 Å². The molecule has 0 radical (unpaired) electrons. The van der Waals surface area contributed by atoms with E-state index in [9.17, 15) is 61.0 Å². The van der Waals surface area contributed by atoms with Gasteiger partial charge in [-0.3, -0.25) is 0 Å². The largest absolute Gasteiger partial charge is 0.504 e. The molecule has 0 aliphatic carbocycles. The van der Waals surface area contributed by atoms with E-state index in [0.717, 1.165) is 6.08 Å². The van der Waals surface area contributed by atoms with Crippen LogP contribution in [0.1, 0.15) is 25.0 Å². The van der Waals surface area contributed by atoms with Gasteiger partial charge in [-0.1, -0.05) is 12.1 Å². The van der Waals surface area contributed by atoms with Crippen LogP contribution in [0.3, 0.4) is 0 Å². The van der Waals surface area contributed by atoms with Crippen LogP contribution in [-0.2, 0) is 44.4 Å². The Morgan fingerprint density at radius 3 is 1.78 bits per heavy atom. The van der Waals surface area contributed by atoms with E-state index in [1.54, 1.807) is 0 Å². The summed E-state index contributed by atoms with van der Waals surface area (Å²) in [5.74, 6) is -2.44. The summed E-state index contributed by atoms with van der Waals surface area (Å²) in [6.45, 7) is 1.98. The van der Waals surface area contributed by atoms with Gasteiger partial charge in [0.2, 0.25) is 0 Å². The fourth-order valence-corrected chi connectivity index (χ4v) is 6.06. The molecule has 15 atom stereocenters. The summed E-state index contributed by atoms with van der Waals surface area (Å²) >= 11 is 0. The molecular formula is C35H46O19. The van der Waals surface area contributed by atoms with Crippen LogP contribution in [0.4, 0.5) is 0 Å². The Bertz CT molecular complexity index is 1590. The van der Waals surface area contributed by atoms with Crippen LogP contribution in [0.15, 0.2) is 42.5 Å². The average molecular weight is 771 g/mol. The van der Waals surface area contributed by atoms with E-state index in [1.165, 1.54) is 56.3 Å². The van der Waals surface area contributed by atoms with Crippen molar-refractivity contribution in [3.8, 4) is 23.0 Å². The Balaban J connectivity index is 1.41. The van der Waals surface area contributed by atoms with Gasteiger partial charge >= 0.3 is 5.97 Å². The van der Waals surface area contributed by atoms with Gasteiger partial charge in [-0.05, 0) is 61.7 Å². The second-order valence-corrected chi connectivity index (χ2v) is 13.3. The normalized spacial score (nSPS) is 37.3. The monoisotopic (exact) mass is 770 g/mol. The van der Waals surface area contributed by atoms with Crippen LogP contribution in [0.5, 0.6) is 23.0 Å². The molecule has 19 heteroatoms. The van der Waals surface area contributed by atoms with Gasteiger partial charge in [0.1, 0.15) is 67.6 Å². The molecule has 54 heavy (non-hydrogen) atoms. The third-order valence-electron chi connectivity index (χ3n) is 9.33. The first kappa shape index (κ1) is 41.5. The Morgan fingerprint density at radius 1 is 0.648 bits per heavy atom. The molecule has 0 unspecified atom stereocenters. The molecule has 2 aromatic rings. The topological polar surface area (TPSA) is 304 Å². The van der Waals surface area contributed by atoms with E-state index in [4.69, 9.17) is 33.2 Å². The van der Waals surface area contributed by atoms with Crippen molar-refractivity contribution < 1.29 is 94.1 Å². The molecule has 3 saturated heterocycles. The number of benzene rings is 2. The number of hydrogen-bond acceptors (Lipinski definition) is 19. The first-order valence-corrected chi connectivity index (χ1v) is 17.1. The highest BCUT2D eigenvalue weighted by atomic mass is 16.8. The minimum absolute atomic E-state index is 0.113. The number of esters is 1. The zero-order chi connectivity index (χ0) is 39.4. The number of phenolic OH excluding ortho intramolecular Hbond substituents is 4. The molecule has 19 nitrogen and oxygen atoms in total. The van der Waals surface area contributed by atoms with E-state index in [-0.39, 0.29) is 30.3 Å². The van der Waals surface area contributed by atoms with Crippen molar-refractivity contribution in [3.05, 3.63) is 53.6 Å². The Labute approximate surface area is 308 Å². The number of carbonyl (C=O) groups is 1. The second kappa shape index (κ2) is 17.9. The number of hydrogen-bond donors (Lipinski definition) is 11. The average Bonchev–Trinajstić information content (AvgIpc) is 3.14. The number of aromatic hydroxyl groups is 4. The minimum Gasteiger partial charge on any atom is -0.504 e. The fourth-order valence-electron chi connectivity index (χ4n) is 6.06. The highest BCUT2D eigenvalue weighted by molar-refractivity contribution is 5.87. The second-order valence-electron chi connectivity index (χ2n) is 13.3. The molecule has 0 saturated carbocycles. The Hall–Kier alpha value is -3.67. The fraction of sp³-hybridized carbons (Fsp3) is 0.571. The number of phenols is 4. The van der Waals surface area contributed by atoms with E-state index < -0.39 is 110 Å². The van der Waals surface area contributed by atoms with E-state index in [0.29, 0.717) is 11.1 Å². The van der Waals surface area contributed by atoms with Gasteiger partial charge in [0.15, 0.2) is 41.9 Å². The molecular weight excluding hydrogens is 724 g/mol. The maximum absolute atomic E-state index is 12.7. The third-order valence-corrected chi connectivity index (χ3v) is 9.33. The lowest BCUT2D eigenvalue weighted by molar-refractivity contribution is -0.389. The number of carbonyl (C=O) groups excluding carboxylic acids is 1. The Kier molecular flexibility index (Phi) is 13.7. The maximum Gasteiger partial charge on any atom is 0.330 e.